The molecule has 1 N–H and O–H groups in total. The number of likely N-dealkylation sites (N-methyl/N-ethyl adjacent to an activating group) is 1. The first-order valence-corrected chi connectivity index (χ1v) is 12.1. The number of ether oxygens (including phenoxy) is 2. The highest BCUT2D eigenvalue weighted by atomic mass is 32.2. The molecule has 1 heterocycles. The molecule has 1 aliphatic heterocycles. The maximum atomic E-state index is 13.4. The number of nitrogens with one attached hydrogen (secondary N) is 1. The van der Waals surface area contributed by atoms with Gasteiger partial charge in [-0.05, 0) is 43.3 Å². The fraction of sp³-hybridized carbons (Fsp3) is 0.231. The average molecular weight is 479 g/mol. The highest BCUT2D eigenvalue weighted by Gasteiger charge is 2.32. The van der Waals surface area contributed by atoms with Crippen molar-refractivity contribution < 1.29 is 23.6 Å². The summed E-state index contributed by atoms with van der Waals surface area (Å²) >= 11 is -1.48. The summed E-state index contributed by atoms with van der Waals surface area (Å²) in [5, 5.41) is 2.89. The predicted molar refractivity (Wildman–Crippen MR) is 130 cm³/mol. The fourth-order valence-corrected chi connectivity index (χ4v) is 5.46. The molecular weight excluding hydrogens is 452 g/mol. The molecule has 1 unspecified atom stereocenters. The lowest BCUT2D eigenvalue weighted by Gasteiger charge is -2.27. The quantitative estimate of drug-likeness (QED) is 0.546. The van der Waals surface area contributed by atoms with Gasteiger partial charge >= 0.3 is 0 Å². The summed E-state index contributed by atoms with van der Waals surface area (Å²) in [6.45, 7) is 2.45. The van der Waals surface area contributed by atoms with Gasteiger partial charge in [-0.1, -0.05) is 24.3 Å². The third-order valence-corrected chi connectivity index (χ3v) is 7.34. The van der Waals surface area contributed by atoms with E-state index in [2.05, 4.69) is 5.32 Å². The van der Waals surface area contributed by atoms with E-state index in [4.69, 9.17) is 9.47 Å². The van der Waals surface area contributed by atoms with Crippen molar-refractivity contribution in [3.05, 3.63) is 77.4 Å². The highest BCUT2D eigenvalue weighted by Crippen LogP contribution is 2.35. The van der Waals surface area contributed by atoms with Crippen molar-refractivity contribution in [3.63, 3.8) is 0 Å². The van der Waals surface area contributed by atoms with E-state index in [-0.39, 0.29) is 24.8 Å². The molecule has 4 rings (SSSR count). The van der Waals surface area contributed by atoms with Crippen molar-refractivity contribution in [1.29, 1.82) is 0 Å². The largest absolute Gasteiger partial charge is 0.606 e. The Morgan fingerprint density at radius 3 is 2.41 bits per heavy atom. The SMILES string of the molecule is CCN1C(=O)Cc2ccccc2[S+]([O-])c2ccc(C(=O)NCc3c(OC)cccc3OC)cc21. The van der Waals surface area contributed by atoms with Crippen LogP contribution in [0.5, 0.6) is 11.5 Å². The average Bonchev–Trinajstić information content (AvgIpc) is 2.86. The molecule has 0 saturated heterocycles. The Kier molecular flexibility index (Phi) is 7.09. The van der Waals surface area contributed by atoms with Crippen LogP contribution in [0.1, 0.15) is 28.4 Å². The molecule has 0 fully saturated rings. The van der Waals surface area contributed by atoms with E-state index in [9.17, 15) is 14.1 Å². The van der Waals surface area contributed by atoms with Gasteiger partial charge in [0.2, 0.25) is 5.91 Å². The minimum atomic E-state index is -1.48. The van der Waals surface area contributed by atoms with E-state index in [1.807, 2.05) is 31.2 Å². The van der Waals surface area contributed by atoms with Gasteiger partial charge in [-0.15, -0.1) is 0 Å². The van der Waals surface area contributed by atoms with Crippen molar-refractivity contribution in [2.24, 2.45) is 0 Å². The number of rotatable bonds is 6. The smallest absolute Gasteiger partial charge is 0.251 e. The molecule has 3 aromatic carbocycles. The summed E-state index contributed by atoms with van der Waals surface area (Å²) in [5.74, 6) is 0.779. The zero-order valence-corrected chi connectivity index (χ0v) is 20.1. The minimum absolute atomic E-state index is 0.107. The Hall–Kier alpha value is -3.49. The number of hydrogen-bond acceptors (Lipinski definition) is 5. The van der Waals surface area contributed by atoms with Crippen molar-refractivity contribution in [2.45, 2.75) is 29.7 Å². The van der Waals surface area contributed by atoms with E-state index < -0.39 is 11.2 Å². The van der Waals surface area contributed by atoms with E-state index in [0.29, 0.717) is 39.1 Å². The van der Waals surface area contributed by atoms with Gasteiger partial charge < -0.3 is 24.2 Å². The number of amides is 2. The van der Waals surface area contributed by atoms with Crippen LogP contribution in [0.4, 0.5) is 5.69 Å². The van der Waals surface area contributed by atoms with E-state index in [0.717, 1.165) is 11.1 Å². The Morgan fingerprint density at radius 1 is 1.03 bits per heavy atom. The van der Waals surface area contributed by atoms with Crippen LogP contribution < -0.4 is 19.7 Å². The first kappa shape index (κ1) is 23.7. The number of benzene rings is 3. The van der Waals surface area contributed by atoms with Crippen LogP contribution in [0.2, 0.25) is 0 Å². The maximum absolute atomic E-state index is 13.4. The lowest BCUT2D eigenvalue weighted by molar-refractivity contribution is -0.118. The van der Waals surface area contributed by atoms with Gasteiger partial charge in [-0.25, -0.2) is 0 Å². The van der Waals surface area contributed by atoms with Crippen LogP contribution in [-0.2, 0) is 28.9 Å². The Balaban J connectivity index is 1.66. The molecule has 0 bridgehead atoms. The van der Waals surface area contributed by atoms with Gasteiger partial charge in [0, 0.05) is 28.8 Å². The predicted octanol–water partition coefficient (Wildman–Crippen LogP) is 3.71. The molecule has 3 aromatic rings. The molecule has 0 saturated carbocycles. The van der Waals surface area contributed by atoms with Crippen LogP contribution in [0.3, 0.4) is 0 Å². The van der Waals surface area contributed by atoms with Crippen LogP contribution in [0, 0.1) is 0 Å². The van der Waals surface area contributed by atoms with Gasteiger partial charge in [0.15, 0.2) is 9.79 Å². The molecule has 0 spiro atoms. The third-order valence-electron chi connectivity index (χ3n) is 5.80. The zero-order valence-electron chi connectivity index (χ0n) is 19.3. The number of anilines is 1. The molecule has 0 aromatic heterocycles. The molecule has 7 nitrogen and oxygen atoms in total. The van der Waals surface area contributed by atoms with E-state index in [1.165, 1.54) is 0 Å². The highest BCUT2D eigenvalue weighted by molar-refractivity contribution is 7.91. The molecule has 34 heavy (non-hydrogen) atoms. The lowest BCUT2D eigenvalue weighted by Crippen LogP contribution is -2.35. The first-order valence-electron chi connectivity index (χ1n) is 10.9. The van der Waals surface area contributed by atoms with Crippen LogP contribution in [0.15, 0.2) is 70.5 Å². The molecule has 1 atom stereocenters. The molecule has 176 valence electrons. The van der Waals surface area contributed by atoms with Gasteiger partial charge in [0.05, 0.1) is 32.7 Å². The Bertz CT molecular complexity index is 1210. The number of carbonyl (C=O) groups is 2. The van der Waals surface area contributed by atoms with Gasteiger partial charge in [-0.3, -0.25) is 9.59 Å². The van der Waals surface area contributed by atoms with Crippen molar-refractivity contribution in [3.8, 4) is 11.5 Å². The number of carbonyl (C=O) groups excluding carboxylic acids is 2. The van der Waals surface area contributed by atoms with E-state index >= 15 is 0 Å². The van der Waals surface area contributed by atoms with Crippen molar-refractivity contribution in [1.82, 2.24) is 5.32 Å². The summed E-state index contributed by atoms with van der Waals surface area (Å²) < 4.78 is 24.2. The topological polar surface area (TPSA) is 90.9 Å². The van der Waals surface area contributed by atoms with Gasteiger partial charge in [0.25, 0.3) is 5.91 Å². The maximum Gasteiger partial charge on any atom is 0.251 e. The third kappa shape index (κ3) is 4.47. The summed E-state index contributed by atoms with van der Waals surface area (Å²) in [5.41, 5.74) is 2.32. The second-order valence-corrected chi connectivity index (χ2v) is 9.11. The molecular formula is C26H26N2O5S. The van der Waals surface area contributed by atoms with Gasteiger partial charge in [0.1, 0.15) is 17.2 Å². The molecule has 0 radical (unpaired) electrons. The van der Waals surface area contributed by atoms with E-state index in [1.54, 1.807) is 55.5 Å². The normalized spacial score (nSPS) is 15.0. The second kappa shape index (κ2) is 10.2. The summed E-state index contributed by atoms with van der Waals surface area (Å²) in [6, 6.07) is 17.6. The fourth-order valence-electron chi connectivity index (χ4n) is 4.09. The van der Waals surface area contributed by atoms with Crippen molar-refractivity contribution in [2.75, 3.05) is 25.7 Å². The lowest BCUT2D eigenvalue weighted by atomic mass is 10.1. The summed E-state index contributed by atoms with van der Waals surface area (Å²) in [4.78, 5) is 28.8. The number of nitrogens with zero attached hydrogens (tertiary/aromatic N) is 1. The number of methoxy groups -OCH3 is 2. The molecule has 1 aliphatic rings. The first-order chi connectivity index (χ1) is 16.5. The monoisotopic (exact) mass is 478 g/mol. The minimum Gasteiger partial charge on any atom is -0.606 e. The van der Waals surface area contributed by atoms with Crippen molar-refractivity contribution >= 4 is 28.7 Å². The van der Waals surface area contributed by atoms with Crippen LogP contribution >= 0.6 is 0 Å². The standard InChI is InChI=1S/C26H26N2O5S/c1-4-28-20-14-18(26(30)27-16-19-21(32-2)9-7-10-22(19)33-3)12-13-24(20)34(31)23-11-6-5-8-17(23)15-25(28)29/h5-14H,4,15-16H2,1-3H3,(H,27,30). The molecule has 8 heteroatoms. The second-order valence-electron chi connectivity index (χ2n) is 7.70. The number of fused-ring (bicyclic) bond motifs is 2. The zero-order chi connectivity index (χ0) is 24.2. The summed E-state index contributed by atoms with van der Waals surface area (Å²) in [6.07, 6.45) is 0.152. The molecule has 0 aliphatic carbocycles. The van der Waals surface area contributed by atoms with Crippen LogP contribution in [0.25, 0.3) is 0 Å². The number of hydrogen-bond donors (Lipinski definition) is 1. The Morgan fingerprint density at radius 2 is 1.74 bits per heavy atom. The van der Waals surface area contributed by atoms with Gasteiger partial charge in [-0.2, -0.15) is 0 Å². The van der Waals surface area contributed by atoms with Crippen LogP contribution in [-0.4, -0.2) is 37.1 Å². The molecule has 2 amide bonds. The summed E-state index contributed by atoms with van der Waals surface area (Å²) in [7, 11) is 3.12. The Labute approximate surface area is 201 Å².